The zero-order chi connectivity index (χ0) is 16.8. The van der Waals surface area contributed by atoms with Crippen molar-refractivity contribution in [1.82, 2.24) is 0 Å². The van der Waals surface area contributed by atoms with Gasteiger partial charge in [-0.1, -0.05) is 13.8 Å². The molecule has 0 aromatic heterocycles. The Balaban J connectivity index is 5.84. The molecule has 122 valence electrons. The number of rotatable bonds is 10. The maximum atomic E-state index is 12.4. The SMILES string of the molecule is CCCC(=O)C(C(O)(CC(=O)O)C(=O)CCC)[N+](C)(C)C. The third kappa shape index (κ3) is 5.21. The predicted octanol–water partition coefficient (Wildman–Crippen LogP) is 1.01. The van der Waals surface area contributed by atoms with Crippen molar-refractivity contribution in [3.05, 3.63) is 0 Å². The van der Waals surface area contributed by atoms with Gasteiger partial charge in [-0.15, -0.1) is 0 Å². The van der Waals surface area contributed by atoms with E-state index >= 15 is 0 Å². The van der Waals surface area contributed by atoms with E-state index in [1.807, 2.05) is 6.92 Å². The molecule has 0 bridgehead atoms. The highest BCUT2D eigenvalue weighted by Gasteiger charge is 2.54. The van der Waals surface area contributed by atoms with Crippen molar-refractivity contribution in [3.63, 3.8) is 0 Å². The second-order valence-corrected chi connectivity index (χ2v) is 6.40. The number of carbonyl (C=O) groups is 3. The van der Waals surface area contributed by atoms with Gasteiger partial charge >= 0.3 is 5.97 Å². The van der Waals surface area contributed by atoms with Crippen LogP contribution in [0.25, 0.3) is 0 Å². The lowest BCUT2D eigenvalue weighted by atomic mass is 9.79. The van der Waals surface area contributed by atoms with Crippen molar-refractivity contribution in [1.29, 1.82) is 0 Å². The highest BCUT2D eigenvalue weighted by molar-refractivity contribution is 5.98. The van der Waals surface area contributed by atoms with Crippen LogP contribution in [0.1, 0.15) is 46.0 Å². The van der Waals surface area contributed by atoms with E-state index in [1.165, 1.54) is 0 Å². The van der Waals surface area contributed by atoms with Crippen molar-refractivity contribution < 1.29 is 29.1 Å². The summed E-state index contributed by atoms with van der Waals surface area (Å²) in [4.78, 5) is 35.8. The molecular weight excluding hydrogens is 274 g/mol. The number of hydrogen-bond donors (Lipinski definition) is 2. The highest BCUT2D eigenvalue weighted by atomic mass is 16.4. The molecule has 0 radical (unpaired) electrons. The van der Waals surface area contributed by atoms with Crippen LogP contribution < -0.4 is 0 Å². The summed E-state index contributed by atoms with van der Waals surface area (Å²) in [5.41, 5.74) is -2.16. The van der Waals surface area contributed by atoms with E-state index in [2.05, 4.69) is 0 Å². The molecule has 2 N–H and O–H groups in total. The van der Waals surface area contributed by atoms with Crippen molar-refractivity contribution in [2.24, 2.45) is 0 Å². The predicted molar refractivity (Wildman–Crippen MR) is 78.9 cm³/mol. The first-order chi connectivity index (χ1) is 9.50. The number of nitrogens with zero attached hydrogens (tertiary/aromatic N) is 1. The molecule has 0 aliphatic carbocycles. The Labute approximate surface area is 126 Å². The Morgan fingerprint density at radius 3 is 1.86 bits per heavy atom. The molecular formula is C15H28NO5+. The molecule has 21 heavy (non-hydrogen) atoms. The second-order valence-electron chi connectivity index (χ2n) is 6.40. The fourth-order valence-corrected chi connectivity index (χ4v) is 2.74. The van der Waals surface area contributed by atoms with Gasteiger partial charge in [-0.3, -0.25) is 14.4 Å². The van der Waals surface area contributed by atoms with Gasteiger partial charge in [0.2, 0.25) is 0 Å². The fraction of sp³-hybridized carbons (Fsp3) is 0.800. The molecule has 0 saturated heterocycles. The van der Waals surface area contributed by atoms with Crippen LogP contribution in [0.2, 0.25) is 0 Å². The first-order valence-electron chi connectivity index (χ1n) is 7.32. The third-order valence-corrected chi connectivity index (χ3v) is 3.41. The summed E-state index contributed by atoms with van der Waals surface area (Å²) in [5.74, 6) is -2.14. The fourth-order valence-electron chi connectivity index (χ4n) is 2.74. The number of quaternary nitrogens is 1. The maximum Gasteiger partial charge on any atom is 0.307 e. The molecule has 0 fully saturated rings. The molecule has 0 aliphatic rings. The van der Waals surface area contributed by atoms with Gasteiger partial charge in [0.05, 0.1) is 27.6 Å². The van der Waals surface area contributed by atoms with Gasteiger partial charge in [0.15, 0.2) is 23.2 Å². The van der Waals surface area contributed by atoms with Gasteiger partial charge in [0.25, 0.3) is 0 Å². The minimum atomic E-state index is -2.16. The van der Waals surface area contributed by atoms with Crippen LogP contribution in [0, 0.1) is 0 Å². The number of hydrogen-bond acceptors (Lipinski definition) is 4. The van der Waals surface area contributed by atoms with E-state index < -0.39 is 29.8 Å². The number of carboxylic acids is 1. The lowest BCUT2D eigenvalue weighted by Crippen LogP contribution is -2.66. The average Bonchev–Trinajstić information content (AvgIpc) is 2.26. The second kappa shape index (κ2) is 7.66. The quantitative estimate of drug-likeness (QED) is 0.588. The summed E-state index contributed by atoms with van der Waals surface area (Å²) in [6.07, 6.45) is 0.593. The molecule has 6 heteroatoms. The Bertz CT molecular complexity index is 399. The minimum absolute atomic E-state index is 0.0120. The van der Waals surface area contributed by atoms with Gasteiger partial charge in [0, 0.05) is 12.8 Å². The van der Waals surface area contributed by atoms with E-state index in [1.54, 1.807) is 28.1 Å². The highest BCUT2D eigenvalue weighted by Crippen LogP contribution is 2.28. The molecule has 0 rings (SSSR count). The number of carbonyl (C=O) groups excluding carboxylic acids is 2. The smallest absolute Gasteiger partial charge is 0.307 e. The van der Waals surface area contributed by atoms with E-state index in [-0.39, 0.29) is 23.1 Å². The summed E-state index contributed by atoms with van der Waals surface area (Å²) >= 11 is 0. The van der Waals surface area contributed by atoms with Gasteiger partial charge in [-0.05, 0) is 12.8 Å². The van der Waals surface area contributed by atoms with E-state index in [0.717, 1.165) is 0 Å². The zero-order valence-electron chi connectivity index (χ0n) is 13.7. The number of aliphatic carboxylic acids is 1. The molecule has 0 heterocycles. The van der Waals surface area contributed by atoms with Gasteiger partial charge < -0.3 is 14.7 Å². The Hall–Kier alpha value is -1.27. The summed E-state index contributed by atoms with van der Waals surface area (Å²) in [5, 5.41) is 19.9. The van der Waals surface area contributed by atoms with E-state index in [4.69, 9.17) is 5.11 Å². The van der Waals surface area contributed by atoms with Crippen LogP contribution in [-0.4, -0.2) is 65.0 Å². The number of likely N-dealkylation sites (N-methyl/N-ethyl adjacent to an activating group) is 1. The van der Waals surface area contributed by atoms with Gasteiger partial charge in [0.1, 0.15) is 0 Å². The number of Topliss-reactive ketones (excluding diaryl/α,β-unsaturated/α-hetero) is 2. The van der Waals surface area contributed by atoms with Crippen LogP contribution in [-0.2, 0) is 14.4 Å². The van der Waals surface area contributed by atoms with Crippen LogP contribution in [0.3, 0.4) is 0 Å². The maximum absolute atomic E-state index is 12.4. The molecule has 0 aliphatic heterocycles. The summed E-state index contributed by atoms with van der Waals surface area (Å²) in [7, 11) is 5.05. The molecule has 0 aromatic carbocycles. The summed E-state index contributed by atoms with van der Waals surface area (Å²) in [6, 6.07) is -1.08. The van der Waals surface area contributed by atoms with Gasteiger partial charge in [-0.2, -0.15) is 0 Å². The molecule has 0 aromatic rings. The summed E-state index contributed by atoms with van der Waals surface area (Å²) in [6.45, 7) is 3.60. The summed E-state index contributed by atoms with van der Waals surface area (Å²) < 4.78 is 0.0120. The monoisotopic (exact) mass is 302 g/mol. The van der Waals surface area contributed by atoms with Crippen LogP contribution >= 0.6 is 0 Å². The standard InChI is InChI=1S/C15H27NO5/c1-6-8-11(17)14(16(3,4)5)15(21,10-13(19)20)12(18)9-7-2/h14,21H,6-10H2,1-5H3/p+1. The molecule has 0 saturated carbocycles. The van der Waals surface area contributed by atoms with Crippen LogP contribution in [0.15, 0.2) is 0 Å². The Morgan fingerprint density at radius 1 is 1.05 bits per heavy atom. The van der Waals surface area contributed by atoms with Gasteiger partial charge in [-0.25, -0.2) is 0 Å². The number of carboxylic acid groups (broad SMARTS) is 1. The lowest BCUT2D eigenvalue weighted by Gasteiger charge is -2.41. The molecule has 2 atom stereocenters. The molecule has 0 spiro atoms. The largest absolute Gasteiger partial charge is 0.481 e. The number of ketones is 2. The zero-order valence-corrected chi connectivity index (χ0v) is 13.7. The molecule has 6 nitrogen and oxygen atoms in total. The van der Waals surface area contributed by atoms with E-state index in [0.29, 0.717) is 12.8 Å². The first-order valence-corrected chi connectivity index (χ1v) is 7.32. The van der Waals surface area contributed by atoms with Crippen molar-refractivity contribution >= 4 is 17.5 Å². The first kappa shape index (κ1) is 19.7. The van der Waals surface area contributed by atoms with E-state index in [9.17, 15) is 19.5 Å². The lowest BCUT2D eigenvalue weighted by molar-refractivity contribution is -0.892. The molecule has 0 amide bonds. The minimum Gasteiger partial charge on any atom is -0.481 e. The molecule has 2 unspecified atom stereocenters. The normalized spacial score (nSPS) is 16.1. The van der Waals surface area contributed by atoms with Crippen LogP contribution in [0.4, 0.5) is 0 Å². The number of aliphatic hydroxyl groups is 1. The Morgan fingerprint density at radius 2 is 1.52 bits per heavy atom. The van der Waals surface area contributed by atoms with Crippen LogP contribution in [0.5, 0.6) is 0 Å². The van der Waals surface area contributed by atoms with Crippen molar-refractivity contribution in [3.8, 4) is 0 Å². The third-order valence-electron chi connectivity index (χ3n) is 3.41. The topological polar surface area (TPSA) is 91.7 Å². The average molecular weight is 302 g/mol. The van der Waals surface area contributed by atoms with Crippen molar-refractivity contribution in [2.75, 3.05) is 21.1 Å². The van der Waals surface area contributed by atoms with Crippen molar-refractivity contribution in [2.45, 2.75) is 57.6 Å². The Kier molecular flexibility index (Phi) is 7.19.